The quantitative estimate of drug-likeness (QED) is 0.881. The number of para-hydroxylation sites is 1. The first-order valence-corrected chi connectivity index (χ1v) is 7.16. The molecular formula is C17H17ClO4. The Labute approximate surface area is 134 Å². The smallest absolute Gasteiger partial charge is 0.345 e. The highest BCUT2D eigenvalue weighted by Gasteiger charge is 2.23. The van der Waals surface area contributed by atoms with Gasteiger partial charge in [0, 0.05) is 6.42 Å². The van der Waals surface area contributed by atoms with Gasteiger partial charge in [0.2, 0.25) is 0 Å². The number of hydrogen-bond acceptors (Lipinski definition) is 3. The lowest BCUT2D eigenvalue weighted by Crippen LogP contribution is -2.29. The van der Waals surface area contributed by atoms with Crippen LogP contribution < -0.4 is 9.47 Å². The van der Waals surface area contributed by atoms with E-state index in [0.29, 0.717) is 16.5 Å². The van der Waals surface area contributed by atoms with Gasteiger partial charge in [-0.3, -0.25) is 0 Å². The highest BCUT2D eigenvalue weighted by atomic mass is 35.5. The Morgan fingerprint density at radius 2 is 1.95 bits per heavy atom. The van der Waals surface area contributed by atoms with Crippen molar-refractivity contribution in [2.24, 2.45) is 0 Å². The van der Waals surface area contributed by atoms with Gasteiger partial charge in [0.05, 0.1) is 12.1 Å². The Morgan fingerprint density at radius 1 is 1.23 bits per heavy atom. The average Bonchev–Trinajstić information content (AvgIpc) is 2.49. The third-order valence-electron chi connectivity index (χ3n) is 3.22. The molecule has 5 heteroatoms. The number of carboxylic acid groups (broad SMARTS) is 1. The van der Waals surface area contributed by atoms with E-state index >= 15 is 0 Å². The van der Waals surface area contributed by atoms with Crippen molar-refractivity contribution in [1.82, 2.24) is 0 Å². The number of benzene rings is 2. The van der Waals surface area contributed by atoms with Gasteiger partial charge >= 0.3 is 5.97 Å². The van der Waals surface area contributed by atoms with Gasteiger partial charge in [-0.05, 0) is 30.7 Å². The molecule has 0 saturated heterocycles. The van der Waals surface area contributed by atoms with Crippen molar-refractivity contribution in [2.75, 3.05) is 7.11 Å². The van der Waals surface area contributed by atoms with E-state index in [1.165, 1.54) is 0 Å². The molecule has 4 nitrogen and oxygen atoms in total. The molecule has 0 bridgehead atoms. The summed E-state index contributed by atoms with van der Waals surface area (Å²) < 4.78 is 10.8. The topological polar surface area (TPSA) is 55.8 Å². The second kappa shape index (κ2) is 7.18. The van der Waals surface area contributed by atoms with E-state index in [1.54, 1.807) is 31.4 Å². The lowest BCUT2D eigenvalue weighted by Gasteiger charge is -2.18. The minimum absolute atomic E-state index is 0.186. The summed E-state index contributed by atoms with van der Waals surface area (Å²) in [5.41, 5.74) is 1.81. The monoisotopic (exact) mass is 320 g/mol. The lowest BCUT2D eigenvalue weighted by atomic mass is 10.0. The molecule has 0 aliphatic heterocycles. The summed E-state index contributed by atoms with van der Waals surface area (Å²) in [6, 6.07) is 12.4. The molecule has 0 radical (unpaired) electrons. The fourth-order valence-electron chi connectivity index (χ4n) is 2.14. The number of ether oxygens (including phenoxy) is 2. The van der Waals surface area contributed by atoms with E-state index in [1.807, 2.05) is 25.1 Å². The molecule has 1 atom stereocenters. The molecule has 0 spiro atoms. The molecule has 0 aliphatic carbocycles. The molecule has 0 aliphatic rings. The highest BCUT2D eigenvalue weighted by molar-refractivity contribution is 6.32. The Balaban J connectivity index is 2.25. The molecule has 0 heterocycles. The van der Waals surface area contributed by atoms with Crippen molar-refractivity contribution in [1.29, 1.82) is 0 Å². The molecule has 116 valence electrons. The largest absolute Gasteiger partial charge is 0.496 e. The molecule has 0 amide bonds. The van der Waals surface area contributed by atoms with Gasteiger partial charge in [0.1, 0.15) is 11.5 Å². The van der Waals surface area contributed by atoms with Crippen LogP contribution in [0.2, 0.25) is 5.02 Å². The Hall–Kier alpha value is -2.20. The van der Waals surface area contributed by atoms with Gasteiger partial charge < -0.3 is 14.6 Å². The molecule has 22 heavy (non-hydrogen) atoms. The fraction of sp³-hybridized carbons (Fsp3) is 0.235. The second-order valence-corrected chi connectivity index (χ2v) is 5.30. The maximum Gasteiger partial charge on any atom is 0.345 e. The van der Waals surface area contributed by atoms with Crippen LogP contribution in [0.3, 0.4) is 0 Å². The van der Waals surface area contributed by atoms with Crippen molar-refractivity contribution in [3.8, 4) is 11.5 Å². The van der Waals surface area contributed by atoms with E-state index < -0.39 is 12.1 Å². The highest BCUT2D eigenvalue weighted by Crippen LogP contribution is 2.27. The standard InChI is InChI=1S/C17H17ClO4/c1-11-7-8-14(21-2)12(9-11)10-16(17(19)20)22-15-6-4-3-5-13(15)18/h3-9,16H,10H2,1-2H3,(H,19,20). The maximum absolute atomic E-state index is 11.5. The summed E-state index contributed by atoms with van der Waals surface area (Å²) in [5.74, 6) is -0.0636. The third-order valence-corrected chi connectivity index (χ3v) is 3.53. The predicted octanol–water partition coefficient (Wildman–Crippen LogP) is 3.73. The van der Waals surface area contributed by atoms with Crippen LogP contribution in [0.25, 0.3) is 0 Å². The molecule has 2 aromatic rings. The van der Waals surface area contributed by atoms with Crippen LogP contribution in [-0.4, -0.2) is 24.3 Å². The zero-order valence-corrected chi connectivity index (χ0v) is 13.1. The summed E-state index contributed by atoms with van der Waals surface area (Å²) in [7, 11) is 1.55. The second-order valence-electron chi connectivity index (χ2n) is 4.89. The van der Waals surface area contributed by atoms with Crippen LogP contribution in [-0.2, 0) is 11.2 Å². The summed E-state index contributed by atoms with van der Waals surface area (Å²) in [6.07, 6.45) is -0.860. The molecule has 0 saturated carbocycles. The van der Waals surface area contributed by atoms with Crippen molar-refractivity contribution >= 4 is 17.6 Å². The molecular weight excluding hydrogens is 304 g/mol. The van der Waals surface area contributed by atoms with Crippen molar-refractivity contribution in [3.05, 3.63) is 58.6 Å². The summed E-state index contributed by atoms with van der Waals surface area (Å²) in [5, 5.41) is 9.79. The number of hydrogen-bond donors (Lipinski definition) is 1. The zero-order chi connectivity index (χ0) is 16.1. The van der Waals surface area contributed by atoms with Gasteiger partial charge in [-0.2, -0.15) is 0 Å². The van der Waals surface area contributed by atoms with Gasteiger partial charge in [0.15, 0.2) is 6.10 Å². The van der Waals surface area contributed by atoms with Crippen LogP contribution in [0.1, 0.15) is 11.1 Å². The van der Waals surface area contributed by atoms with E-state index in [2.05, 4.69) is 0 Å². The third kappa shape index (κ3) is 3.92. The Morgan fingerprint density at radius 3 is 2.59 bits per heavy atom. The first-order chi connectivity index (χ1) is 10.5. The molecule has 2 rings (SSSR count). The zero-order valence-electron chi connectivity index (χ0n) is 12.4. The van der Waals surface area contributed by atoms with Crippen molar-refractivity contribution < 1.29 is 19.4 Å². The van der Waals surface area contributed by atoms with Crippen molar-refractivity contribution in [3.63, 3.8) is 0 Å². The molecule has 0 aromatic heterocycles. The Kier molecular flexibility index (Phi) is 5.28. The van der Waals surface area contributed by atoms with Gasteiger partial charge in [-0.15, -0.1) is 0 Å². The van der Waals surface area contributed by atoms with Gasteiger partial charge in [-0.25, -0.2) is 4.79 Å². The molecule has 2 aromatic carbocycles. The predicted molar refractivity (Wildman–Crippen MR) is 84.9 cm³/mol. The average molecular weight is 321 g/mol. The maximum atomic E-state index is 11.5. The number of aliphatic carboxylic acids is 1. The SMILES string of the molecule is COc1ccc(C)cc1CC(Oc1ccccc1Cl)C(=O)O. The fourth-order valence-corrected chi connectivity index (χ4v) is 2.32. The molecule has 0 fully saturated rings. The number of rotatable bonds is 6. The lowest BCUT2D eigenvalue weighted by molar-refractivity contribution is -0.145. The van der Waals surface area contributed by atoms with E-state index in [9.17, 15) is 9.90 Å². The van der Waals surface area contributed by atoms with E-state index in [-0.39, 0.29) is 6.42 Å². The van der Waals surface area contributed by atoms with Gasteiger partial charge in [0.25, 0.3) is 0 Å². The summed E-state index contributed by atoms with van der Waals surface area (Å²) in [6.45, 7) is 1.94. The van der Waals surface area contributed by atoms with E-state index in [0.717, 1.165) is 11.1 Å². The number of carboxylic acids is 1. The first-order valence-electron chi connectivity index (χ1n) is 6.78. The van der Waals surface area contributed by atoms with Crippen LogP contribution in [0, 0.1) is 6.92 Å². The van der Waals surface area contributed by atoms with Crippen LogP contribution in [0.15, 0.2) is 42.5 Å². The Bertz CT molecular complexity index is 669. The van der Waals surface area contributed by atoms with Crippen LogP contribution >= 0.6 is 11.6 Å². The summed E-state index contributed by atoms with van der Waals surface area (Å²) in [4.78, 5) is 11.5. The number of carbonyl (C=O) groups is 1. The van der Waals surface area contributed by atoms with Crippen LogP contribution in [0.4, 0.5) is 0 Å². The number of aryl methyl sites for hydroxylation is 1. The minimum Gasteiger partial charge on any atom is -0.496 e. The molecule has 1 N–H and O–H groups in total. The normalized spacial score (nSPS) is 11.8. The van der Waals surface area contributed by atoms with Crippen molar-refractivity contribution in [2.45, 2.75) is 19.4 Å². The van der Waals surface area contributed by atoms with Gasteiger partial charge in [-0.1, -0.05) is 41.4 Å². The van der Waals surface area contributed by atoms with Crippen LogP contribution in [0.5, 0.6) is 11.5 Å². The minimum atomic E-state index is -1.05. The molecule has 1 unspecified atom stereocenters. The first kappa shape index (κ1) is 16.2. The summed E-state index contributed by atoms with van der Waals surface area (Å²) >= 11 is 6.02. The number of halogens is 1. The van der Waals surface area contributed by atoms with E-state index in [4.69, 9.17) is 21.1 Å². The number of methoxy groups -OCH3 is 1.